The summed E-state index contributed by atoms with van der Waals surface area (Å²) in [6.45, 7) is 3.64. The van der Waals surface area contributed by atoms with Gasteiger partial charge in [-0.25, -0.2) is 4.39 Å². The van der Waals surface area contributed by atoms with Crippen LogP contribution in [0.1, 0.15) is 17.4 Å². The molecular weight excluding hydrogens is 273 g/mol. The molecule has 1 N–H and O–H groups in total. The molecule has 0 saturated carbocycles. The van der Waals surface area contributed by atoms with Crippen LogP contribution in [-0.4, -0.2) is 46.8 Å². The zero-order chi connectivity index (χ0) is 14.8. The molecule has 0 bridgehead atoms. The quantitative estimate of drug-likeness (QED) is 0.921. The van der Waals surface area contributed by atoms with Gasteiger partial charge in [0.1, 0.15) is 11.5 Å². The molecule has 2 aromatic rings. The first-order valence-electron chi connectivity index (χ1n) is 6.86. The highest BCUT2D eigenvalue weighted by molar-refractivity contribution is 5.93. The van der Waals surface area contributed by atoms with E-state index in [-0.39, 0.29) is 17.8 Å². The van der Waals surface area contributed by atoms with Gasteiger partial charge in [0.2, 0.25) is 0 Å². The third-order valence-electron chi connectivity index (χ3n) is 3.48. The van der Waals surface area contributed by atoms with Crippen molar-refractivity contribution in [3.8, 4) is 11.3 Å². The molecule has 0 radical (unpaired) electrons. The fourth-order valence-electron chi connectivity index (χ4n) is 2.37. The Morgan fingerprint density at radius 3 is 2.90 bits per heavy atom. The van der Waals surface area contributed by atoms with Gasteiger partial charge in [0.25, 0.3) is 5.91 Å². The number of hydrogen-bond donors (Lipinski definition) is 1. The Labute approximate surface area is 121 Å². The SMILES string of the molecule is CC1CN(C(=O)c2cc(-c3ccc(F)cc3)n[nH]2)CCO1. The van der Waals surface area contributed by atoms with Crippen molar-refractivity contribution >= 4 is 5.91 Å². The Morgan fingerprint density at radius 2 is 2.19 bits per heavy atom. The van der Waals surface area contributed by atoms with E-state index < -0.39 is 0 Å². The Balaban J connectivity index is 1.78. The molecule has 3 rings (SSSR count). The number of H-pyrrole nitrogens is 1. The van der Waals surface area contributed by atoms with Crippen LogP contribution in [0.25, 0.3) is 11.3 Å². The molecule has 1 saturated heterocycles. The highest BCUT2D eigenvalue weighted by Gasteiger charge is 2.23. The van der Waals surface area contributed by atoms with Gasteiger partial charge in [0.15, 0.2) is 0 Å². The first kappa shape index (κ1) is 13.8. The van der Waals surface area contributed by atoms with Crippen LogP contribution < -0.4 is 0 Å². The molecule has 1 amide bonds. The molecule has 1 aromatic heterocycles. The number of hydrogen-bond acceptors (Lipinski definition) is 3. The van der Waals surface area contributed by atoms with Crippen LogP contribution in [0.4, 0.5) is 4.39 Å². The summed E-state index contributed by atoms with van der Waals surface area (Å²) in [6.07, 6.45) is 0.0437. The molecular formula is C15H16FN3O2. The summed E-state index contributed by atoms with van der Waals surface area (Å²) >= 11 is 0. The fourth-order valence-corrected chi connectivity index (χ4v) is 2.37. The van der Waals surface area contributed by atoms with Gasteiger partial charge < -0.3 is 9.64 Å². The molecule has 0 spiro atoms. The van der Waals surface area contributed by atoms with E-state index >= 15 is 0 Å². The Hall–Kier alpha value is -2.21. The maximum atomic E-state index is 12.9. The molecule has 6 heteroatoms. The van der Waals surface area contributed by atoms with Crippen molar-refractivity contribution in [2.45, 2.75) is 13.0 Å². The maximum absolute atomic E-state index is 12.9. The first-order chi connectivity index (χ1) is 10.1. The molecule has 1 aliphatic rings. The summed E-state index contributed by atoms with van der Waals surface area (Å²) in [6, 6.07) is 7.70. The third kappa shape index (κ3) is 2.95. The van der Waals surface area contributed by atoms with E-state index in [0.717, 1.165) is 5.56 Å². The molecule has 2 heterocycles. The Kier molecular flexibility index (Phi) is 3.70. The van der Waals surface area contributed by atoms with Crippen LogP contribution in [-0.2, 0) is 4.74 Å². The van der Waals surface area contributed by atoms with Gasteiger partial charge in [0, 0.05) is 18.7 Å². The largest absolute Gasteiger partial charge is 0.375 e. The molecule has 1 aliphatic heterocycles. The van der Waals surface area contributed by atoms with Gasteiger partial charge in [-0.15, -0.1) is 0 Å². The van der Waals surface area contributed by atoms with E-state index in [1.807, 2.05) is 6.92 Å². The summed E-state index contributed by atoms with van der Waals surface area (Å²) in [5.41, 5.74) is 1.82. The number of rotatable bonds is 2. The highest BCUT2D eigenvalue weighted by atomic mass is 19.1. The zero-order valence-corrected chi connectivity index (χ0v) is 11.7. The maximum Gasteiger partial charge on any atom is 0.272 e. The Bertz CT molecular complexity index is 639. The van der Waals surface area contributed by atoms with E-state index in [0.29, 0.717) is 31.1 Å². The fraction of sp³-hybridized carbons (Fsp3) is 0.333. The van der Waals surface area contributed by atoms with Gasteiger partial charge in [0.05, 0.1) is 18.4 Å². The lowest BCUT2D eigenvalue weighted by Gasteiger charge is -2.30. The average Bonchev–Trinajstić information content (AvgIpc) is 2.97. The lowest BCUT2D eigenvalue weighted by atomic mass is 10.1. The van der Waals surface area contributed by atoms with Crippen molar-refractivity contribution in [1.29, 1.82) is 0 Å². The topological polar surface area (TPSA) is 58.2 Å². The van der Waals surface area contributed by atoms with Crippen LogP contribution in [0.2, 0.25) is 0 Å². The van der Waals surface area contributed by atoms with Crippen molar-refractivity contribution < 1.29 is 13.9 Å². The number of carbonyl (C=O) groups is 1. The third-order valence-corrected chi connectivity index (χ3v) is 3.48. The van der Waals surface area contributed by atoms with Gasteiger partial charge >= 0.3 is 0 Å². The number of nitrogens with zero attached hydrogens (tertiary/aromatic N) is 2. The smallest absolute Gasteiger partial charge is 0.272 e. The number of morpholine rings is 1. The average molecular weight is 289 g/mol. The van der Waals surface area contributed by atoms with Crippen LogP contribution in [0, 0.1) is 5.82 Å². The van der Waals surface area contributed by atoms with Crippen molar-refractivity contribution in [2.75, 3.05) is 19.7 Å². The number of ether oxygens (including phenoxy) is 1. The van der Waals surface area contributed by atoms with Gasteiger partial charge in [-0.3, -0.25) is 9.89 Å². The predicted molar refractivity (Wildman–Crippen MR) is 75.3 cm³/mol. The van der Waals surface area contributed by atoms with Gasteiger partial charge in [-0.1, -0.05) is 0 Å². The molecule has 1 aromatic carbocycles. The lowest BCUT2D eigenvalue weighted by molar-refractivity contribution is -0.0126. The van der Waals surface area contributed by atoms with Crippen molar-refractivity contribution in [3.63, 3.8) is 0 Å². The number of nitrogens with one attached hydrogen (secondary N) is 1. The normalized spacial score (nSPS) is 18.8. The number of carbonyl (C=O) groups excluding carboxylic acids is 1. The monoisotopic (exact) mass is 289 g/mol. The van der Waals surface area contributed by atoms with Crippen molar-refractivity contribution in [2.24, 2.45) is 0 Å². The van der Waals surface area contributed by atoms with Crippen LogP contribution in [0.5, 0.6) is 0 Å². The summed E-state index contributed by atoms with van der Waals surface area (Å²) in [4.78, 5) is 14.1. The predicted octanol–water partition coefficient (Wildman–Crippen LogP) is 2.08. The first-order valence-corrected chi connectivity index (χ1v) is 6.86. The second kappa shape index (κ2) is 5.65. The lowest BCUT2D eigenvalue weighted by Crippen LogP contribution is -2.44. The zero-order valence-electron chi connectivity index (χ0n) is 11.7. The van der Waals surface area contributed by atoms with E-state index in [9.17, 15) is 9.18 Å². The number of benzene rings is 1. The summed E-state index contributed by atoms with van der Waals surface area (Å²) in [7, 11) is 0. The minimum absolute atomic E-state index is 0.0437. The molecule has 0 aliphatic carbocycles. The molecule has 1 atom stereocenters. The number of halogens is 1. The van der Waals surface area contributed by atoms with Crippen LogP contribution in [0.15, 0.2) is 30.3 Å². The second-order valence-corrected chi connectivity index (χ2v) is 5.11. The number of aromatic amines is 1. The van der Waals surface area contributed by atoms with Crippen LogP contribution in [0.3, 0.4) is 0 Å². The van der Waals surface area contributed by atoms with E-state index in [1.165, 1.54) is 12.1 Å². The van der Waals surface area contributed by atoms with Crippen molar-refractivity contribution in [3.05, 3.63) is 41.8 Å². The molecule has 1 unspecified atom stereocenters. The highest BCUT2D eigenvalue weighted by Crippen LogP contribution is 2.19. The Morgan fingerprint density at radius 1 is 1.43 bits per heavy atom. The minimum atomic E-state index is -0.298. The van der Waals surface area contributed by atoms with Crippen molar-refractivity contribution in [1.82, 2.24) is 15.1 Å². The molecule has 110 valence electrons. The number of amides is 1. The standard InChI is InChI=1S/C15H16FN3O2/c1-10-9-19(6-7-21-10)15(20)14-8-13(17-18-14)11-2-4-12(16)5-3-11/h2-5,8,10H,6-7,9H2,1H3,(H,17,18). The molecule has 5 nitrogen and oxygen atoms in total. The summed E-state index contributed by atoms with van der Waals surface area (Å²) < 4.78 is 18.3. The minimum Gasteiger partial charge on any atom is -0.375 e. The molecule has 1 fully saturated rings. The van der Waals surface area contributed by atoms with Crippen LogP contribution >= 0.6 is 0 Å². The summed E-state index contributed by atoms with van der Waals surface area (Å²) in [5, 5.41) is 6.88. The number of aromatic nitrogens is 2. The van der Waals surface area contributed by atoms with E-state index in [2.05, 4.69) is 10.2 Å². The molecule has 21 heavy (non-hydrogen) atoms. The van der Waals surface area contributed by atoms with Gasteiger partial charge in [-0.05, 0) is 37.3 Å². The van der Waals surface area contributed by atoms with E-state index in [4.69, 9.17) is 4.74 Å². The summed E-state index contributed by atoms with van der Waals surface area (Å²) in [5.74, 6) is -0.390. The van der Waals surface area contributed by atoms with Gasteiger partial charge in [-0.2, -0.15) is 5.10 Å². The second-order valence-electron chi connectivity index (χ2n) is 5.11. The van der Waals surface area contributed by atoms with E-state index in [1.54, 1.807) is 23.1 Å².